The third-order valence-electron chi connectivity index (χ3n) is 5.83. The van der Waals surface area contributed by atoms with Gasteiger partial charge in [0.15, 0.2) is 0 Å². The lowest BCUT2D eigenvalue weighted by Gasteiger charge is -2.33. The number of aryl methyl sites for hydroxylation is 2. The van der Waals surface area contributed by atoms with Gasteiger partial charge in [-0.15, -0.1) is 0 Å². The zero-order valence-electron chi connectivity index (χ0n) is 15.7. The number of fused-ring (bicyclic) bond motifs is 1. The summed E-state index contributed by atoms with van der Waals surface area (Å²) in [5.74, 6) is 0.956. The fourth-order valence-corrected chi connectivity index (χ4v) is 4.42. The van der Waals surface area contributed by atoms with Crippen LogP contribution in [0.1, 0.15) is 53.5 Å². The molecule has 1 unspecified atom stereocenters. The minimum absolute atomic E-state index is 0.0644. The Balaban J connectivity index is 1.48. The topological polar surface area (TPSA) is 52.3 Å². The molecule has 1 atom stereocenters. The Kier molecular flexibility index (Phi) is 4.85. The minimum atomic E-state index is 0.0644. The number of aromatic nitrogens is 3. The molecule has 3 heterocycles. The molecule has 2 aliphatic rings. The number of imidazole rings is 1. The second-order valence-corrected chi connectivity index (χ2v) is 7.76. The molecule has 6 heteroatoms. The molecule has 26 heavy (non-hydrogen) atoms. The van der Waals surface area contributed by atoms with E-state index in [1.807, 2.05) is 48.2 Å². The monoisotopic (exact) mass is 356 g/mol. The average molecular weight is 356 g/mol. The zero-order chi connectivity index (χ0) is 18.1. The van der Waals surface area contributed by atoms with Gasteiger partial charge in [0.1, 0.15) is 5.69 Å². The molecule has 1 aliphatic heterocycles. The van der Waals surface area contributed by atoms with E-state index in [0.717, 1.165) is 18.0 Å². The maximum absolute atomic E-state index is 13.0. The van der Waals surface area contributed by atoms with Crippen LogP contribution in [0.15, 0.2) is 24.7 Å². The Hall–Kier alpha value is -2.08. The van der Waals surface area contributed by atoms with E-state index >= 15 is 0 Å². The highest BCUT2D eigenvalue weighted by molar-refractivity contribution is 5.92. The van der Waals surface area contributed by atoms with Crippen LogP contribution in [-0.4, -0.2) is 44.7 Å². The van der Waals surface area contributed by atoms with Crippen LogP contribution in [0.4, 0.5) is 0 Å². The van der Waals surface area contributed by atoms with Crippen LogP contribution in [0.2, 0.25) is 0 Å². The van der Waals surface area contributed by atoms with Crippen LogP contribution >= 0.6 is 0 Å². The zero-order valence-corrected chi connectivity index (χ0v) is 15.7. The molecule has 0 radical (unpaired) electrons. The first kappa shape index (κ1) is 17.3. The molecule has 4 rings (SSSR count). The van der Waals surface area contributed by atoms with Gasteiger partial charge in [0.25, 0.3) is 5.91 Å². The van der Waals surface area contributed by atoms with E-state index in [0.29, 0.717) is 25.6 Å². The van der Waals surface area contributed by atoms with Crippen molar-refractivity contribution in [1.29, 1.82) is 0 Å². The fourth-order valence-electron chi connectivity index (χ4n) is 4.42. The smallest absolute Gasteiger partial charge is 0.270 e. The van der Waals surface area contributed by atoms with Gasteiger partial charge < -0.3 is 18.8 Å². The van der Waals surface area contributed by atoms with E-state index in [4.69, 9.17) is 4.74 Å². The summed E-state index contributed by atoms with van der Waals surface area (Å²) in [7, 11) is 3.94. The summed E-state index contributed by atoms with van der Waals surface area (Å²) in [6.07, 6.45) is 9.01. The molecule has 1 aliphatic carbocycles. The van der Waals surface area contributed by atoms with Crippen molar-refractivity contribution in [1.82, 2.24) is 19.0 Å². The van der Waals surface area contributed by atoms with Crippen molar-refractivity contribution in [3.63, 3.8) is 0 Å². The lowest BCUT2D eigenvalue weighted by atomic mass is 9.98. The quantitative estimate of drug-likeness (QED) is 0.828. The van der Waals surface area contributed by atoms with Crippen LogP contribution in [0.5, 0.6) is 0 Å². The molecular formula is C20H28N4O2. The first-order chi connectivity index (χ1) is 12.6. The van der Waals surface area contributed by atoms with Crippen LogP contribution in [0.3, 0.4) is 0 Å². The van der Waals surface area contributed by atoms with Gasteiger partial charge in [-0.1, -0.05) is 12.8 Å². The van der Waals surface area contributed by atoms with Crippen LogP contribution in [0, 0.1) is 5.92 Å². The van der Waals surface area contributed by atoms with E-state index in [1.165, 1.54) is 31.4 Å². The molecule has 6 nitrogen and oxygen atoms in total. The Bertz CT molecular complexity index is 773. The van der Waals surface area contributed by atoms with Gasteiger partial charge >= 0.3 is 0 Å². The summed E-state index contributed by atoms with van der Waals surface area (Å²) in [6, 6.07) is 3.79. The number of ether oxygens (including phenoxy) is 1. The summed E-state index contributed by atoms with van der Waals surface area (Å²) in [4.78, 5) is 19.4. The number of amides is 1. The van der Waals surface area contributed by atoms with Crippen LogP contribution in [0.25, 0.3) is 0 Å². The number of hydrogen-bond donors (Lipinski definition) is 0. The van der Waals surface area contributed by atoms with Gasteiger partial charge in [0, 0.05) is 45.1 Å². The van der Waals surface area contributed by atoms with Crippen molar-refractivity contribution < 1.29 is 9.53 Å². The predicted octanol–water partition coefficient (Wildman–Crippen LogP) is 2.71. The molecule has 140 valence electrons. The number of nitrogens with zero attached hydrogens (tertiary/aromatic N) is 4. The number of carbonyl (C=O) groups is 1. The van der Waals surface area contributed by atoms with E-state index in [2.05, 4.69) is 9.55 Å². The number of hydrogen-bond acceptors (Lipinski definition) is 3. The summed E-state index contributed by atoms with van der Waals surface area (Å²) >= 11 is 0. The fraction of sp³-hybridized carbons (Fsp3) is 0.600. The van der Waals surface area contributed by atoms with Crippen molar-refractivity contribution in [2.75, 3.05) is 19.8 Å². The van der Waals surface area contributed by atoms with Gasteiger partial charge in [-0.3, -0.25) is 4.79 Å². The normalized spacial score (nSPS) is 20.5. The second kappa shape index (κ2) is 7.27. The molecule has 2 aromatic rings. The first-order valence-corrected chi connectivity index (χ1v) is 9.62. The molecule has 0 aromatic carbocycles. The summed E-state index contributed by atoms with van der Waals surface area (Å²) < 4.78 is 10.1. The predicted molar refractivity (Wildman–Crippen MR) is 98.9 cm³/mol. The third-order valence-corrected chi connectivity index (χ3v) is 5.83. The van der Waals surface area contributed by atoms with Crippen LogP contribution in [-0.2, 0) is 25.4 Å². The third kappa shape index (κ3) is 3.30. The Labute approximate surface area is 154 Å². The van der Waals surface area contributed by atoms with Crippen molar-refractivity contribution in [3.05, 3.63) is 41.7 Å². The molecule has 0 N–H and O–H groups in total. The highest BCUT2D eigenvalue weighted by Gasteiger charge is 2.32. The molecule has 0 bridgehead atoms. The van der Waals surface area contributed by atoms with E-state index in [1.54, 1.807) is 0 Å². The first-order valence-electron chi connectivity index (χ1n) is 9.62. The summed E-state index contributed by atoms with van der Waals surface area (Å²) in [5.41, 5.74) is 2.93. The standard InChI is InChI=1S/C20H28N4O2/c1-22-9-5-8-18(22)20(25)24-10-16(13-26-12-15-6-3-4-7-15)19-17(11-24)21-14-23(19)2/h5,8-9,14-16H,3-4,6-7,10-13H2,1-2H3. The SMILES string of the molecule is Cn1cccc1C(=O)N1Cc2ncn(C)c2C(COCC2CCCC2)C1. The molecule has 0 saturated heterocycles. The highest BCUT2D eigenvalue weighted by Crippen LogP contribution is 2.30. The van der Waals surface area contributed by atoms with Crippen molar-refractivity contribution in [2.24, 2.45) is 20.0 Å². The van der Waals surface area contributed by atoms with E-state index < -0.39 is 0 Å². The molecule has 1 fully saturated rings. The van der Waals surface area contributed by atoms with Gasteiger partial charge in [-0.05, 0) is 30.9 Å². The Morgan fingerprint density at radius 2 is 2.04 bits per heavy atom. The molecule has 2 aromatic heterocycles. The minimum Gasteiger partial charge on any atom is -0.380 e. The van der Waals surface area contributed by atoms with Gasteiger partial charge in [-0.2, -0.15) is 0 Å². The van der Waals surface area contributed by atoms with E-state index in [-0.39, 0.29) is 11.8 Å². The molecular weight excluding hydrogens is 328 g/mol. The maximum atomic E-state index is 13.0. The van der Waals surface area contributed by atoms with Crippen molar-refractivity contribution >= 4 is 5.91 Å². The van der Waals surface area contributed by atoms with E-state index in [9.17, 15) is 4.79 Å². The lowest BCUT2D eigenvalue weighted by molar-refractivity contribution is 0.0565. The van der Waals surface area contributed by atoms with Gasteiger partial charge in [-0.25, -0.2) is 4.98 Å². The van der Waals surface area contributed by atoms with Gasteiger partial charge in [0.05, 0.1) is 25.2 Å². The number of carbonyl (C=O) groups excluding carboxylic acids is 1. The Morgan fingerprint density at radius 1 is 1.23 bits per heavy atom. The van der Waals surface area contributed by atoms with Gasteiger partial charge in [0.2, 0.25) is 0 Å². The molecule has 1 saturated carbocycles. The second-order valence-electron chi connectivity index (χ2n) is 7.76. The molecule has 1 amide bonds. The van der Waals surface area contributed by atoms with Crippen LogP contribution < -0.4 is 0 Å². The maximum Gasteiger partial charge on any atom is 0.270 e. The summed E-state index contributed by atoms with van der Waals surface area (Å²) in [6.45, 7) is 2.75. The number of rotatable bonds is 5. The van der Waals surface area contributed by atoms with Crippen molar-refractivity contribution in [2.45, 2.75) is 38.1 Å². The Morgan fingerprint density at radius 3 is 2.77 bits per heavy atom. The largest absolute Gasteiger partial charge is 0.380 e. The highest BCUT2D eigenvalue weighted by atomic mass is 16.5. The molecule has 0 spiro atoms. The lowest BCUT2D eigenvalue weighted by Crippen LogP contribution is -2.41. The summed E-state index contributed by atoms with van der Waals surface area (Å²) in [5, 5.41) is 0. The average Bonchev–Trinajstić information content (AvgIpc) is 3.36. The van der Waals surface area contributed by atoms with Crippen molar-refractivity contribution in [3.8, 4) is 0 Å².